The number of carbonyl (C=O) groups excluding carboxylic acids is 1. The fourth-order valence-electron chi connectivity index (χ4n) is 2.21. The lowest BCUT2D eigenvalue weighted by atomic mass is 10.2. The summed E-state index contributed by atoms with van der Waals surface area (Å²) in [6.45, 7) is 2.52. The van der Waals surface area contributed by atoms with Crippen LogP contribution in [0.3, 0.4) is 0 Å². The maximum Gasteiger partial charge on any atom is 0.238 e. The summed E-state index contributed by atoms with van der Waals surface area (Å²) in [6, 6.07) is 12.9. The number of hydrogen-bond acceptors (Lipinski definition) is 3. The molecule has 128 valence electrons. The first-order valence-electron chi connectivity index (χ1n) is 7.32. The Labute approximate surface area is 151 Å². The molecule has 24 heavy (non-hydrogen) atoms. The van der Waals surface area contributed by atoms with E-state index in [4.69, 9.17) is 23.2 Å². The van der Waals surface area contributed by atoms with Gasteiger partial charge in [-0.25, -0.2) is 8.42 Å². The molecule has 1 amide bonds. The molecular weight excluding hydrogens is 369 g/mol. The highest BCUT2D eigenvalue weighted by molar-refractivity contribution is 7.92. The largest absolute Gasteiger partial charge is 0.338 e. The van der Waals surface area contributed by atoms with Crippen molar-refractivity contribution in [1.82, 2.24) is 4.90 Å². The fraction of sp³-hybridized carbons (Fsp3) is 0.235. The summed E-state index contributed by atoms with van der Waals surface area (Å²) >= 11 is 11.7. The van der Waals surface area contributed by atoms with Crippen LogP contribution in [0.5, 0.6) is 0 Å². The monoisotopic (exact) mass is 385 g/mol. The first kappa shape index (κ1) is 18.8. The smallest absolute Gasteiger partial charge is 0.238 e. The molecule has 0 saturated heterocycles. The quantitative estimate of drug-likeness (QED) is 0.759. The zero-order chi connectivity index (χ0) is 17.7. The van der Waals surface area contributed by atoms with E-state index in [-0.39, 0.29) is 4.90 Å². The predicted octanol–water partition coefficient (Wildman–Crippen LogP) is 3.82. The van der Waals surface area contributed by atoms with Crippen molar-refractivity contribution in [3.05, 3.63) is 64.1 Å². The van der Waals surface area contributed by atoms with Crippen LogP contribution in [-0.2, 0) is 21.2 Å². The van der Waals surface area contributed by atoms with E-state index in [0.717, 1.165) is 5.56 Å². The molecule has 2 rings (SSSR count). The number of hydrogen-bond donors (Lipinski definition) is 0. The lowest BCUT2D eigenvalue weighted by Crippen LogP contribution is -2.35. The first-order chi connectivity index (χ1) is 11.3. The molecule has 2 aromatic carbocycles. The molecule has 0 aromatic heterocycles. The Hall–Kier alpha value is -1.56. The topological polar surface area (TPSA) is 54.5 Å². The third kappa shape index (κ3) is 4.97. The molecule has 7 heteroatoms. The van der Waals surface area contributed by atoms with Crippen molar-refractivity contribution in [2.75, 3.05) is 12.3 Å². The van der Waals surface area contributed by atoms with Crippen molar-refractivity contribution < 1.29 is 13.2 Å². The van der Waals surface area contributed by atoms with E-state index in [1.54, 1.807) is 25.1 Å². The van der Waals surface area contributed by atoms with Gasteiger partial charge < -0.3 is 4.90 Å². The van der Waals surface area contributed by atoms with E-state index in [9.17, 15) is 13.2 Å². The number of halogens is 2. The van der Waals surface area contributed by atoms with Gasteiger partial charge in [-0.05, 0) is 48.9 Å². The van der Waals surface area contributed by atoms with Crippen molar-refractivity contribution >= 4 is 38.9 Å². The number of nitrogens with zero attached hydrogens (tertiary/aromatic N) is 1. The third-order valence-corrected chi connectivity index (χ3v) is 5.59. The number of carbonyl (C=O) groups is 1. The highest BCUT2D eigenvalue weighted by Gasteiger charge is 2.23. The van der Waals surface area contributed by atoms with Gasteiger partial charge in [0, 0.05) is 23.1 Å². The number of benzene rings is 2. The van der Waals surface area contributed by atoms with Crippen LogP contribution in [0.4, 0.5) is 0 Å². The Bertz CT molecular complexity index is 820. The summed E-state index contributed by atoms with van der Waals surface area (Å²) in [6.07, 6.45) is 0. The zero-order valence-corrected chi connectivity index (χ0v) is 15.4. The number of sulfone groups is 1. The van der Waals surface area contributed by atoms with Crippen molar-refractivity contribution in [3.8, 4) is 0 Å². The van der Waals surface area contributed by atoms with Crippen LogP contribution < -0.4 is 0 Å². The molecule has 2 aromatic rings. The van der Waals surface area contributed by atoms with Gasteiger partial charge in [-0.1, -0.05) is 35.3 Å². The molecule has 0 aliphatic rings. The average Bonchev–Trinajstić information content (AvgIpc) is 2.52. The second-order valence-electron chi connectivity index (χ2n) is 5.25. The molecule has 0 spiro atoms. The molecule has 0 N–H and O–H groups in total. The van der Waals surface area contributed by atoms with Crippen LogP contribution in [0.1, 0.15) is 12.5 Å². The van der Waals surface area contributed by atoms with E-state index >= 15 is 0 Å². The van der Waals surface area contributed by atoms with Crippen LogP contribution in [-0.4, -0.2) is 31.5 Å². The Morgan fingerprint density at radius 2 is 1.71 bits per heavy atom. The molecule has 0 fully saturated rings. The summed E-state index contributed by atoms with van der Waals surface area (Å²) in [7, 11) is -3.71. The van der Waals surface area contributed by atoms with Gasteiger partial charge in [-0.3, -0.25) is 4.79 Å². The van der Waals surface area contributed by atoms with Gasteiger partial charge in [0.2, 0.25) is 5.91 Å². The van der Waals surface area contributed by atoms with Gasteiger partial charge in [0.1, 0.15) is 5.75 Å². The van der Waals surface area contributed by atoms with E-state index in [1.165, 1.54) is 29.2 Å². The number of amides is 1. The van der Waals surface area contributed by atoms with E-state index in [2.05, 4.69) is 0 Å². The van der Waals surface area contributed by atoms with Gasteiger partial charge in [-0.15, -0.1) is 0 Å². The highest BCUT2D eigenvalue weighted by atomic mass is 35.5. The third-order valence-electron chi connectivity index (χ3n) is 3.48. The predicted molar refractivity (Wildman–Crippen MR) is 96.0 cm³/mol. The summed E-state index contributed by atoms with van der Waals surface area (Å²) in [5.41, 5.74) is 0.849. The second-order valence-corrected chi connectivity index (χ2v) is 8.11. The molecule has 0 aliphatic carbocycles. The maximum atomic E-state index is 12.4. The Balaban J connectivity index is 2.12. The summed E-state index contributed by atoms with van der Waals surface area (Å²) < 4.78 is 24.7. The average molecular weight is 386 g/mol. The minimum atomic E-state index is -3.71. The maximum absolute atomic E-state index is 12.4. The van der Waals surface area contributed by atoms with Crippen molar-refractivity contribution in [1.29, 1.82) is 0 Å². The molecule has 0 aliphatic heterocycles. The molecule has 0 atom stereocenters. The summed E-state index contributed by atoms with van der Waals surface area (Å²) in [5, 5.41) is 1.02. The Morgan fingerprint density at radius 1 is 1.04 bits per heavy atom. The van der Waals surface area contributed by atoms with Gasteiger partial charge in [0.25, 0.3) is 0 Å². The minimum Gasteiger partial charge on any atom is -0.338 e. The molecule has 0 saturated carbocycles. The molecule has 4 nitrogen and oxygen atoms in total. The Kier molecular flexibility index (Phi) is 6.27. The lowest BCUT2D eigenvalue weighted by Gasteiger charge is -2.21. The van der Waals surface area contributed by atoms with Crippen LogP contribution in [0.25, 0.3) is 0 Å². The van der Waals surface area contributed by atoms with Crippen molar-refractivity contribution in [2.45, 2.75) is 18.4 Å². The highest BCUT2D eigenvalue weighted by Crippen LogP contribution is 2.17. The lowest BCUT2D eigenvalue weighted by molar-refractivity contribution is -0.128. The van der Waals surface area contributed by atoms with Crippen molar-refractivity contribution in [2.24, 2.45) is 0 Å². The minimum absolute atomic E-state index is 0.0825. The molecule has 0 bridgehead atoms. The zero-order valence-electron chi connectivity index (χ0n) is 13.1. The van der Waals surface area contributed by atoms with Gasteiger partial charge in [0.05, 0.1) is 4.90 Å². The molecular formula is C17H17Cl2NO3S. The SMILES string of the molecule is CCN(Cc1cccc(Cl)c1)C(=O)CS(=O)(=O)c1ccc(Cl)cc1. The van der Waals surface area contributed by atoms with Crippen LogP contribution >= 0.6 is 23.2 Å². The summed E-state index contributed by atoms with van der Waals surface area (Å²) in [5.74, 6) is -1.03. The summed E-state index contributed by atoms with van der Waals surface area (Å²) in [4.78, 5) is 14.0. The standard InChI is InChI=1S/C17H17Cl2NO3S/c1-2-20(11-13-4-3-5-15(19)10-13)17(21)12-24(22,23)16-8-6-14(18)7-9-16/h3-10H,2,11-12H2,1H3. The molecule has 0 unspecified atom stereocenters. The first-order valence-corrected chi connectivity index (χ1v) is 9.73. The number of rotatable bonds is 6. The van der Waals surface area contributed by atoms with Crippen molar-refractivity contribution in [3.63, 3.8) is 0 Å². The van der Waals surface area contributed by atoms with Crippen LogP contribution in [0.15, 0.2) is 53.4 Å². The van der Waals surface area contributed by atoms with E-state index in [0.29, 0.717) is 23.1 Å². The fourth-order valence-corrected chi connectivity index (χ4v) is 3.78. The van der Waals surface area contributed by atoms with Gasteiger partial charge >= 0.3 is 0 Å². The second kappa shape index (κ2) is 8.01. The van der Waals surface area contributed by atoms with Gasteiger partial charge in [0.15, 0.2) is 9.84 Å². The van der Waals surface area contributed by atoms with E-state index in [1.807, 2.05) is 6.07 Å². The molecule has 0 heterocycles. The van der Waals surface area contributed by atoms with Crippen LogP contribution in [0.2, 0.25) is 10.0 Å². The van der Waals surface area contributed by atoms with Crippen LogP contribution in [0, 0.1) is 0 Å². The van der Waals surface area contributed by atoms with Gasteiger partial charge in [-0.2, -0.15) is 0 Å². The van der Waals surface area contributed by atoms with E-state index < -0.39 is 21.5 Å². The Morgan fingerprint density at radius 3 is 2.29 bits per heavy atom. The normalized spacial score (nSPS) is 11.3. The molecule has 0 radical (unpaired) electrons.